The number of carboxylic acid groups (broad SMARTS) is 1. The van der Waals surface area contributed by atoms with Gasteiger partial charge in [0.1, 0.15) is 5.82 Å². The number of carbonyl (C=O) groups is 1. The van der Waals surface area contributed by atoms with Crippen LogP contribution in [0.3, 0.4) is 0 Å². The van der Waals surface area contributed by atoms with E-state index in [0.717, 1.165) is 17.5 Å². The van der Waals surface area contributed by atoms with Crippen molar-refractivity contribution >= 4 is 17.9 Å². The highest BCUT2D eigenvalue weighted by Crippen LogP contribution is 2.05. The number of rotatable bonds is 3. The van der Waals surface area contributed by atoms with Crippen molar-refractivity contribution in [1.82, 2.24) is 4.98 Å². The number of pyridine rings is 1. The van der Waals surface area contributed by atoms with Gasteiger partial charge in [-0.2, -0.15) is 0 Å². The number of hydrogen-bond acceptors (Lipinski definition) is 4. The fourth-order valence-electron chi connectivity index (χ4n) is 0.816. The zero-order valence-corrected chi connectivity index (χ0v) is 7.15. The highest BCUT2D eigenvalue weighted by Gasteiger charge is 1.88. The van der Waals surface area contributed by atoms with Crippen LogP contribution in [0.25, 0.3) is 6.08 Å². The van der Waals surface area contributed by atoms with Crippen molar-refractivity contribution in [2.75, 3.05) is 12.4 Å². The molecule has 0 atom stereocenters. The van der Waals surface area contributed by atoms with Crippen LogP contribution in [0, 0.1) is 0 Å². The van der Waals surface area contributed by atoms with Gasteiger partial charge >= 0.3 is 0 Å². The number of anilines is 1. The minimum Gasteiger partial charge on any atom is -0.545 e. The normalized spacial score (nSPS) is 10.2. The first-order chi connectivity index (χ1) is 6.22. The average Bonchev–Trinajstić information content (AvgIpc) is 2.15. The highest BCUT2D eigenvalue weighted by atomic mass is 16.4. The van der Waals surface area contributed by atoms with Gasteiger partial charge in [-0.15, -0.1) is 0 Å². The van der Waals surface area contributed by atoms with E-state index in [-0.39, 0.29) is 0 Å². The number of nitrogens with zero attached hydrogens (tertiary/aromatic N) is 1. The second-order valence-electron chi connectivity index (χ2n) is 2.38. The molecule has 0 saturated heterocycles. The van der Waals surface area contributed by atoms with Crippen molar-refractivity contribution in [3.8, 4) is 0 Å². The first-order valence-corrected chi connectivity index (χ1v) is 3.75. The number of carboxylic acids is 1. The Balaban J connectivity index is 2.75. The molecule has 13 heavy (non-hydrogen) atoms. The number of nitrogens with one attached hydrogen (secondary N) is 1. The second kappa shape index (κ2) is 4.25. The molecule has 0 spiro atoms. The van der Waals surface area contributed by atoms with Crippen LogP contribution in [-0.2, 0) is 4.79 Å². The van der Waals surface area contributed by atoms with E-state index in [1.165, 1.54) is 6.08 Å². The molecule has 68 valence electrons. The number of carbonyl (C=O) groups excluding carboxylic acids is 1. The van der Waals surface area contributed by atoms with Gasteiger partial charge in [-0.3, -0.25) is 0 Å². The van der Waals surface area contributed by atoms with Gasteiger partial charge in [0.2, 0.25) is 0 Å². The maximum Gasteiger partial charge on any atom is 0.125 e. The van der Waals surface area contributed by atoms with Crippen molar-refractivity contribution in [1.29, 1.82) is 0 Å². The lowest BCUT2D eigenvalue weighted by atomic mass is 10.2. The Labute approximate surface area is 75.9 Å². The fourth-order valence-corrected chi connectivity index (χ4v) is 0.816. The largest absolute Gasteiger partial charge is 0.545 e. The third-order valence-electron chi connectivity index (χ3n) is 1.45. The Morgan fingerprint density at radius 3 is 2.85 bits per heavy atom. The van der Waals surface area contributed by atoms with Gasteiger partial charge in [-0.05, 0) is 23.8 Å². The van der Waals surface area contributed by atoms with Crippen LogP contribution in [-0.4, -0.2) is 18.0 Å². The number of hydrogen-bond donors (Lipinski definition) is 1. The maximum atomic E-state index is 10.1. The second-order valence-corrected chi connectivity index (χ2v) is 2.38. The number of aliphatic carboxylic acids is 1. The molecule has 4 nitrogen and oxygen atoms in total. The maximum absolute atomic E-state index is 10.1. The molecular formula is C9H9N2O2-. The van der Waals surface area contributed by atoms with Gasteiger partial charge in [0, 0.05) is 13.2 Å². The summed E-state index contributed by atoms with van der Waals surface area (Å²) >= 11 is 0. The summed E-state index contributed by atoms with van der Waals surface area (Å²) in [6, 6.07) is 3.52. The topological polar surface area (TPSA) is 65.0 Å². The zero-order valence-electron chi connectivity index (χ0n) is 7.15. The molecule has 0 aromatic carbocycles. The van der Waals surface area contributed by atoms with Gasteiger partial charge in [-0.1, -0.05) is 6.08 Å². The lowest BCUT2D eigenvalue weighted by Gasteiger charge is -1.98. The molecular weight excluding hydrogens is 168 g/mol. The lowest BCUT2D eigenvalue weighted by molar-refractivity contribution is -0.297. The van der Waals surface area contributed by atoms with E-state index in [1.807, 2.05) is 0 Å². The predicted molar refractivity (Wildman–Crippen MR) is 47.8 cm³/mol. The van der Waals surface area contributed by atoms with Gasteiger partial charge in [0.25, 0.3) is 0 Å². The smallest absolute Gasteiger partial charge is 0.125 e. The van der Waals surface area contributed by atoms with Crippen LogP contribution in [0.1, 0.15) is 5.56 Å². The van der Waals surface area contributed by atoms with Crippen LogP contribution in [0.4, 0.5) is 5.82 Å². The minimum atomic E-state index is -1.21. The van der Waals surface area contributed by atoms with Gasteiger partial charge in [-0.25, -0.2) is 4.98 Å². The Hall–Kier alpha value is -1.84. The van der Waals surface area contributed by atoms with E-state index in [4.69, 9.17) is 0 Å². The summed E-state index contributed by atoms with van der Waals surface area (Å²) in [5.41, 5.74) is 0.725. The molecule has 0 amide bonds. The summed E-state index contributed by atoms with van der Waals surface area (Å²) in [6.07, 6.45) is 3.98. The van der Waals surface area contributed by atoms with E-state index in [1.54, 1.807) is 25.4 Å². The molecule has 0 aliphatic heterocycles. The van der Waals surface area contributed by atoms with E-state index in [0.29, 0.717) is 0 Å². The van der Waals surface area contributed by atoms with Crippen molar-refractivity contribution in [3.63, 3.8) is 0 Å². The monoisotopic (exact) mass is 177 g/mol. The average molecular weight is 177 g/mol. The van der Waals surface area contributed by atoms with E-state index in [2.05, 4.69) is 10.3 Å². The first kappa shape index (κ1) is 9.25. The Morgan fingerprint density at radius 1 is 1.62 bits per heavy atom. The first-order valence-electron chi connectivity index (χ1n) is 3.75. The molecule has 1 N–H and O–H groups in total. The molecule has 1 rings (SSSR count). The van der Waals surface area contributed by atoms with Crippen LogP contribution in [0.5, 0.6) is 0 Å². The quantitative estimate of drug-likeness (QED) is 0.654. The summed E-state index contributed by atoms with van der Waals surface area (Å²) in [4.78, 5) is 14.1. The standard InChI is InChI=1S/C9H10N2O2/c1-10-8-4-2-7(6-11-8)3-5-9(12)13/h2-6H,1H3,(H,10,11)(H,12,13)/p-1/b5-3+. The molecule has 0 bridgehead atoms. The van der Waals surface area contributed by atoms with Crippen LogP contribution in [0.15, 0.2) is 24.4 Å². The number of aromatic nitrogens is 1. The van der Waals surface area contributed by atoms with E-state index < -0.39 is 5.97 Å². The molecule has 4 heteroatoms. The van der Waals surface area contributed by atoms with Gasteiger partial charge in [0.15, 0.2) is 0 Å². The molecule has 1 aromatic heterocycles. The molecule has 1 heterocycles. The summed E-state index contributed by atoms with van der Waals surface area (Å²) in [5, 5.41) is 12.9. The summed E-state index contributed by atoms with van der Waals surface area (Å²) in [5.74, 6) is -0.469. The van der Waals surface area contributed by atoms with E-state index >= 15 is 0 Å². The third-order valence-corrected chi connectivity index (χ3v) is 1.45. The SMILES string of the molecule is CNc1ccc(/C=C/C(=O)[O-])cn1. The third kappa shape index (κ3) is 2.94. The van der Waals surface area contributed by atoms with Crippen LogP contribution < -0.4 is 10.4 Å². The predicted octanol–water partition coefficient (Wildman–Crippen LogP) is -0.114. The molecule has 0 fully saturated rings. The molecule has 0 aliphatic rings. The van der Waals surface area contributed by atoms with Crippen LogP contribution >= 0.6 is 0 Å². The summed E-state index contributed by atoms with van der Waals surface area (Å²) in [7, 11) is 1.76. The van der Waals surface area contributed by atoms with E-state index in [9.17, 15) is 9.90 Å². The van der Waals surface area contributed by atoms with Gasteiger partial charge in [0.05, 0.1) is 5.97 Å². The minimum absolute atomic E-state index is 0.725. The lowest BCUT2D eigenvalue weighted by Crippen LogP contribution is -2.18. The van der Waals surface area contributed by atoms with Crippen molar-refractivity contribution in [3.05, 3.63) is 30.0 Å². The van der Waals surface area contributed by atoms with Gasteiger partial charge < -0.3 is 15.2 Å². The Bertz CT molecular complexity index is 317. The molecule has 0 radical (unpaired) electrons. The Kier molecular flexibility index (Phi) is 3.03. The zero-order chi connectivity index (χ0) is 9.68. The molecule has 0 unspecified atom stereocenters. The van der Waals surface area contributed by atoms with Crippen molar-refractivity contribution in [2.45, 2.75) is 0 Å². The molecule has 1 aromatic rings. The summed E-state index contributed by atoms with van der Waals surface area (Å²) < 4.78 is 0. The fraction of sp³-hybridized carbons (Fsp3) is 0.111. The molecule has 0 aliphatic carbocycles. The highest BCUT2D eigenvalue weighted by molar-refractivity contribution is 5.83. The van der Waals surface area contributed by atoms with Crippen molar-refractivity contribution in [2.24, 2.45) is 0 Å². The molecule has 0 saturated carbocycles. The van der Waals surface area contributed by atoms with Crippen LogP contribution in [0.2, 0.25) is 0 Å². The van der Waals surface area contributed by atoms with Crippen molar-refractivity contribution < 1.29 is 9.90 Å². The summed E-state index contributed by atoms with van der Waals surface area (Å²) in [6.45, 7) is 0. The Morgan fingerprint density at radius 2 is 2.38 bits per heavy atom.